The van der Waals surface area contributed by atoms with Crippen molar-refractivity contribution < 1.29 is 32.3 Å². The first-order valence-electron chi connectivity index (χ1n) is 9.76. The van der Waals surface area contributed by atoms with Crippen LogP contribution in [0.1, 0.15) is 53.7 Å². The zero-order valence-electron chi connectivity index (χ0n) is 18.7. The smallest absolute Gasteiger partial charge is 0.425 e. The molecule has 3 heterocycles. The average molecular weight is 546 g/mol. The van der Waals surface area contributed by atoms with E-state index in [1.807, 2.05) is 0 Å². The SMILES string of the molecule is CC(C)(C)OC(=O)N(C(=O)OC(C)(C)C)c1nc(-c2ccc(C(F)F)o2)nc2sc(Br)cc12. The van der Waals surface area contributed by atoms with Crippen LogP contribution in [0.15, 0.2) is 26.4 Å². The van der Waals surface area contributed by atoms with Gasteiger partial charge in [-0.05, 0) is 75.7 Å². The number of halogens is 3. The summed E-state index contributed by atoms with van der Waals surface area (Å²) in [6.45, 7) is 9.89. The van der Waals surface area contributed by atoms with Gasteiger partial charge in [0.2, 0.25) is 0 Å². The molecule has 0 bridgehead atoms. The second-order valence-corrected chi connectivity index (χ2v) is 11.3. The molecule has 3 aromatic rings. The largest absolute Gasteiger partial charge is 0.452 e. The first-order valence-corrected chi connectivity index (χ1v) is 11.4. The summed E-state index contributed by atoms with van der Waals surface area (Å²) in [5.74, 6) is -0.823. The number of aromatic nitrogens is 2. The third kappa shape index (κ3) is 6.05. The summed E-state index contributed by atoms with van der Waals surface area (Å²) in [6.07, 6.45) is -4.85. The number of furan rings is 1. The molecule has 33 heavy (non-hydrogen) atoms. The highest BCUT2D eigenvalue weighted by molar-refractivity contribution is 9.11. The number of carbonyl (C=O) groups is 2. The zero-order chi connectivity index (χ0) is 24.7. The molecule has 0 atom stereocenters. The fourth-order valence-corrected chi connectivity index (χ4v) is 4.05. The minimum absolute atomic E-state index is 0.0497. The Kier molecular flexibility index (Phi) is 6.81. The molecule has 3 aromatic heterocycles. The predicted molar refractivity (Wildman–Crippen MR) is 123 cm³/mol. The maximum Gasteiger partial charge on any atom is 0.425 e. The van der Waals surface area contributed by atoms with Crippen LogP contribution in [-0.4, -0.2) is 33.4 Å². The van der Waals surface area contributed by atoms with Crippen LogP contribution < -0.4 is 4.90 Å². The van der Waals surface area contributed by atoms with Crippen molar-refractivity contribution in [2.45, 2.75) is 59.2 Å². The lowest BCUT2D eigenvalue weighted by Crippen LogP contribution is -2.44. The number of thiophene rings is 1. The first-order chi connectivity index (χ1) is 15.1. The summed E-state index contributed by atoms with van der Waals surface area (Å²) in [6, 6.07) is 4.03. The van der Waals surface area contributed by atoms with Gasteiger partial charge in [0, 0.05) is 0 Å². The topological polar surface area (TPSA) is 94.8 Å². The number of alkyl halides is 2. The number of fused-ring (bicyclic) bond motifs is 1. The van der Waals surface area contributed by atoms with Gasteiger partial charge in [-0.1, -0.05) is 0 Å². The summed E-state index contributed by atoms with van der Waals surface area (Å²) < 4.78 is 42.7. The number of amides is 2. The van der Waals surface area contributed by atoms with Gasteiger partial charge in [-0.3, -0.25) is 0 Å². The Morgan fingerprint density at radius 1 is 1.06 bits per heavy atom. The van der Waals surface area contributed by atoms with Gasteiger partial charge in [0.25, 0.3) is 6.43 Å². The Hall–Kier alpha value is -2.60. The lowest BCUT2D eigenvalue weighted by Gasteiger charge is -2.28. The van der Waals surface area contributed by atoms with E-state index in [0.717, 1.165) is 6.07 Å². The molecule has 0 radical (unpaired) electrons. The van der Waals surface area contributed by atoms with E-state index < -0.39 is 35.6 Å². The lowest BCUT2D eigenvalue weighted by molar-refractivity contribution is 0.0429. The molecule has 0 aliphatic rings. The summed E-state index contributed by atoms with van der Waals surface area (Å²) >= 11 is 4.56. The van der Waals surface area contributed by atoms with Gasteiger partial charge in [-0.15, -0.1) is 11.3 Å². The van der Waals surface area contributed by atoms with Gasteiger partial charge in [0.05, 0.1) is 9.17 Å². The Labute approximate surface area is 201 Å². The van der Waals surface area contributed by atoms with Crippen molar-refractivity contribution in [1.82, 2.24) is 9.97 Å². The number of carbonyl (C=O) groups excluding carboxylic acids is 2. The third-order valence-electron chi connectivity index (χ3n) is 3.77. The minimum Gasteiger partial charge on any atom is -0.452 e. The fraction of sp³-hybridized carbons (Fsp3) is 0.429. The van der Waals surface area contributed by atoms with E-state index in [-0.39, 0.29) is 17.4 Å². The van der Waals surface area contributed by atoms with E-state index >= 15 is 0 Å². The number of hydrogen-bond donors (Lipinski definition) is 0. The van der Waals surface area contributed by atoms with Gasteiger partial charge in [-0.25, -0.2) is 28.3 Å². The number of ether oxygens (including phenoxy) is 2. The predicted octanol–water partition coefficient (Wildman–Crippen LogP) is 7.33. The van der Waals surface area contributed by atoms with Crippen molar-refractivity contribution in [3.8, 4) is 11.6 Å². The monoisotopic (exact) mass is 545 g/mol. The Balaban J connectivity index is 2.21. The van der Waals surface area contributed by atoms with Gasteiger partial charge in [0.15, 0.2) is 23.2 Å². The van der Waals surface area contributed by atoms with Crippen molar-refractivity contribution >= 4 is 55.5 Å². The number of nitrogens with zero attached hydrogens (tertiary/aromatic N) is 3. The average Bonchev–Trinajstić information content (AvgIpc) is 3.24. The molecule has 0 aliphatic heterocycles. The zero-order valence-corrected chi connectivity index (χ0v) is 21.1. The summed E-state index contributed by atoms with van der Waals surface area (Å²) in [4.78, 5) is 35.9. The molecule has 0 aliphatic carbocycles. The molecule has 3 rings (SSSR count). The van der Waals surface area contributed by atoms with E-state index in [0.29, 0.717) is 18.9 Å². The van der Waals surface area contributed by atoms with Crippen LogP contribution >= 0.6 is 27.3 Å². The number of imide groups is 1. The first kappa shape index (κ1) is 25.0. The van der Waals surface area contributed by atoms with E-state index in [1.54, 1.807) is 47.6 Å². The molecular formula is C21H22BrF2N3O5S. The van der Waals surface area contributed by atoms with Crippen LogP contribution in [0.25, 0.3) is 21.8 Å². The number of anilines is 1. The molecule has 0 unspecified atom stereocenters. The van der Waals surface area contributed by atoms with Crippen LogP contribution in [0.3, 0.4) is 0 Å². The van der Waals surface area contributed by atoms with Crippen LogP contribution in [-0.2, 0) is 9.47 Å². The van der Waals surface area contributed by atoms with E-state index in [4.69, 9.17) is 13.9 Å². The lowest BCUT2D eigenvalue weighted by atomic mass is 10.2. The number of rotatable bonds is 3. The molecule has 8 nitrogen and oxygen atoms in total. The maximum absolute atomic E-state index is 13.1. The van der Waals surface area contributed by atoms with Crippen molar-refractivity contribution in [3.05, 3.63) is 27.7 Å². The highest BCUT2D eigenvalue weighted by Crippen LogP contribution is 2.37. The molecule has 178 valence electrons. The van der Waals surface area contributed by atoms with Crippen molar-refractivity contribution in [3.63, 3.8) is 0 Å². The second-order valence-electron chi connectivity index (χ2n) is 8.94. The van der Waals surface area contributed by atoms with Gasteiger partial charge >= 0.3 is 12.2 Å². The molecule has 0 aromatic carbocycles. The highest BCUT2D eigenvalue weighted by atomic mass is 79.9. The summed E-state index contributed by atoms with van der Waals surface area (Å²) in [5.41, 5.74) is -1.84. The van der Waals surface area contributed by atoms with E-state index in [1.165, 1.54) is 17.4 Å². The van der Waals surface area contributed by atoms with Crippen LogP contribution in [0.4, 0.5) is 24.2 Å². The molecule has 12 heteroatoms. The molecule has 0 saturated carbocycles. The standard InChI is InChI=1S/C21H22BrF2N3O5S/c1-20(2,3)31-18(28)27(19(29)32-21(4,5)6)16-10-9-13(22)33-17(10)26-15(25-16)12-8-7-11(30-12)14(23)24/h7-9,14H,1-6H3. The van der Waals surface area contributed by atoms with E-state index in [9.17, 15) is 18.4 Å². The van der Waals surface area contributed by atoms with Crippen molar-refractivity contribution in [1.29, 1.82) is 0 Å². The van der Waals surface area contributed by atoms with Crippen LogP contribution in [0, 0.1) is 0 Å². The third-order valence-corrected chi connectivity index (χ3v) is 5.30. The Morgan fingerprint density at radius 3 is 2.12 bits per heavy atom. The summed E-state index contributed by atoms with van der Waals surface area (Å²) in [5, 5.41) is 0.355. The Bertz CT molecular complexity index is 1170. The quantitative estimate of drug-likeness (QED) is 0.340. The van der Waals surface area contributed by atoms with Crippen LogP contribution in [0.2, 0.25) is 0 Å². The molecule has 0 N–H and O–H groups in total. The van der Waals surface area contributed by atoms with Gasteiger partial charge in [0.1, 0.15) is 16.0 Å². The maximum atomic E-state index is 13.1. The van der Waals surface area contributed by atoms with Gasteiger partial charge < -0.3 is 13.9 Å². The highest BCUT2D eigenvalue weighted by Gasteiger charge is 2.36. The fourth-order valence-electron chi connectivity index (χ4n) is 2.61. The van der Waals surface area contributed by atoms with Crippen LogP contribution in [0.5, 0.6) is 0 Å². The molecule has 2 amide bonds. The summed E-state index contributed by atoms with van der Waals surface area (Å²) in [7, 11) is 0. The van der Waals surface area contributed by atoms with Crippen molar-refractivity contribution in [2.75, 3.05) is 4.90 Å². The van der Waals surface area contributed by atoms with Crippen molar-refractivity contribution in [2.24, 2.45) is 0 Å². The molecule has 0 fully saturated rings. The molecule has 0 spiro atoms. The minimum atomic E-state index is -2.82. The normalized spacial score (nSPS) is 12.3. The number of hydrogen-bond acceptors (Lipinski definition) is 8. The van der Waals surface area contributed by atoms with E-state index in [2.05, 4.69) is 25.9 Å². The van der Waals surface area contributed by atoms with Gasteiger partial charge in [-0.2, -0.15) is 4.90 Å². The molecular weight excluding hydrogens is 524 g/mol. The molecule has 0 saturated heterocycles. The second kappa shape index (κ2) is 8.98. The Morgan fingerprint density at radius 2 is 1.64 bits per heavy atom.